The Balaban J connectivity index is 4.72. The molecule has 0 radical (unpaired) electrons. The first-order valence-corrected chi connectivity index (χ1v) is 7.33. The standard InChI is InChI=1S/C10H25NO3Si/c1-6-8-9(11)10(7-2)15(12-3,13-4)14-5/h9-10H,6-8,11H2,1-5H3. The van der Waals surface area contributed by atoms with Crippen molar-refractivity contribution in [2.24, 2.45) is 5.73 Å². The van der Waals surface area contributed by atoms with Crippen molar-refractivity contribution in [1.29, 1.82) is 0 Å². The summed E-state index contributed by atoms with van der Waals surface area (Å²) < 4.78 is 16.4. The van der Waals surface area contributed by atoms with Gasteiger partial charge in [-0.05, 0) is 12.8 Å². The van der Waals surface area contributed by atoms with Crippen LogP contribution in [0.4, 0.5) is 0 Å². The zero-order valence-electron chi connectivity index (χ0n) is 10.6. The molecule has 15 heavy (non-hydrogen) atoms. The number of rotatable bonds is 8. The molecule has 0 aliphatic carbocycles. The van der Waals surface area contributed by atoms with Gasteiger partial charge in [0.1, 0.15) is 0 Å². The van der Waals surface area contributed by atoms with E-state index in [4.69, 9.17) is 19.0 Å². The van der Waals surface area contributed by atoms with Crippen molar-refractivity contribution in [1.82, 2.24) is 0 Å². The molecule has 92 valence electrons. The minimum atomic E-state index is -2.57. The van der Waals surface area contributed by atoms with Crippen LogP contribution in [0.2, 0.25) is 5.54 Å². The Bertz CT molecular complexity index is 156. The molecule has 4 nitrogen and oxygen atoms in total. The monoisotopic (exact) mass is 235 g/mol. The topological polar surface area (TPSA) is 53.7 Å². The van der Waals surface area contributed by atoms with Crippen LogP contribution >= 0.6 is 0 Å². The van der Waals surface area contributed by atoms with Crippen LogP contribution in [0, 0.1) is 0 Å². The highest BCUT2D eigenvalue weighted by molar-refractivity contribution is 6.62. The quantitative estimate of drug-likeness (QED) is 0.652. The summed E-state index contributed by atoms with van der Waals surface area (Å²) in [4.78, 5) is 0. The fraction of sp³-hybridized carbons (Fsp3) is 1.00. The van der Waals surface area contributed by atoms with Gasteiger partial charge in [-0.3, -0.25) is 0 Å². The van der Waals surface area contributed by atoms with Crippen LogP contribution in [0.3, 0.4) is 0 Å². The lowest BCUT2D eigenvalue weighted by molar-refractivity contribution is 0.105. The van der Waals surface area contributed by atoms with Gasteiger partial charge >= 0.3 is 8.80 Å². The molecule has 0 aromatic carbocycles. The second-order valence-electron chi connectivity index (χ2n) is 3.68. The van der Waals surface area contributed by atoms with Crippen LogP contribution < -0.4 is 5.73 Å². The third-order valence-corrected chi connectivity index (χ3v) is 6.34. The average molecular weight is 235 g/mol. The second kappa shape index (κ2) is 7.35. The molecule has 0 aromatic heterocycles. The van der Waals surface area contributed by atoms with E-state index in [-0.39, 0.29) is 11.6 Å². The minimum absolute atomic E-state index is 0.0894. The van der Waals surface area contributed by atoms with E-state index in [1.165, 1.54) is 0 Å². The molecule has 0 saturated heterocycles. The molecule has 2 unspecified atom stereocenters. The van der Waals surface area contributed by atoms with Gasteiger partial charge in [-0.1, -0.05) is 20.3 Å². The first-order valence-electron chi connectivity index (χ1n) is 5.52. The van der Waals surface area contributed by atoms with Crippen LogP contribution in [0.5, 0.6) is 0 Å². The van der Waals surface area contributed by atoms with Crippen LogP contribution in [0.25, 0.3) is 0 Å². The van der Waals surface area contributed by atoms with Crippen molar-refractivity contribution >= 4 is 8.80 Å². The summed E-state index contributed by atoms with van der Waals surface area (Å²) in [5, 5.41) is 0. The first-order chi connectivity index (χ1) is 7.11. The summed E-state index contributed by atoms with van der Waals surface area (Å²) in [5.41, 5.74) is 6.32. The van der Waals surface area contributed by atoms with Gasteiger partial charge in [0.15, 0.2) is 0 Å². The fourth-order valence-electron chi connectivity index (χ4n) is 2.05. The van der Waals surface area contributed by atoms with Gasteiger partial charge in [0.05, 0.1) is 0 Å². The molecular formula is C10H25NO3Si. The minimum Gasteiger partial charge on any atom is -0.377 e. The number of hydrogen-bond donors (Lipinski definition) is 1. The summed E-state index contributed by atoms with van der Waals surface area (Å²) in [6.07, 6.45) is 2.96. The van der Waals surface area contributed by atoms with Gasteiger partial charge in [-0.25, -0.2) is 0 Å². The van der Waals surface area contributed by atoms with Gasteiger partial charge in [0, 0.05) is 32.9 Å². The SMILES string of the molecule is CCCC(N)C(CC)[Si](OC)(OC)OC. The zero-order chi connectivity index (χ0) is 11.9. The lowest BCUT2D eigenvalue weighted by atomic mass is 10.1. The van der Waals surface area contributed by atoms with Gasteiger partial charge in [0.2, 0.25) is 0 Å². The predicted molar refractivity (Wildman–Crippen MR) is 63.7 cm³/mol. The third kappa shape index (κ3) is 3.53. The fourth-order valence-corrected chi connectivity index (χ4v) is 4.65. The lowest BCUT2D eigenvalue weighted by Gasteiger charge is -2.35. The molecule has 0 aliphatic rings. The van der Waals surface area contributed by atoms with Crippen molar-refractivity contribution in [2.45, 2.75) is 44.7 Å². The van der Waals surface area contributed by atoms with E-state index in [2.05, 4.69) is 13.8 Å². The smallest absolute Gasteiger partial charge is 0.377 e. The van der Waals surface area contributed by atoms with E-state index < -0.39 is 8.80 Å². The van der Waals surface area contributed by atoms with E-state index in [0.717, 1.165) is 19.3 Å². The van der Waals surface area contributed by atoms with E-state index >= 15 is 0 Å². The molecule has 0 heterocycles. The van der Waals surface area contributed by atoms with Gasteiger partial charge in [0.25, 0.3) is 0 Å². The van der Waals surface area contributed by atoms with Gasteiger partial charge < -0.3 is 19.0 Å². The van der Waals surface area contributed by atoms with Crippen molar-refractivity contribution in [3.05, 3.63) is 0 Å². The molecule has 2 atom stereocenters. The Morgan fingerprint density at radius 2 is 1.53 bits per heavy atom. The van der Waals surface area contributed by atoms with Crippen molar-refractivity contribution in [2.75, 3.05) is 21.3 Å². The Morgan fingerprint density at radius 3 is 1.80 bits per heavy atom. The van der Waals surface area contributed by atoms with Crippen LogP contribution in [0.1, 0.15) is 33.1 Å². The van der Waals surface area contributed by atoms with E-state index in [1.807, 2.05) is 0 Å². The summed E-state index contributed by atoms with van der Waals surface area (Å²) in [6, 6.07) is 0.0894. The highest BCUT2D eigenvalue weighted by atomic mass is 28.4. The van der Waals surface area contributed by atoms with Crippen LogP contribution in [-0.2, 0) is 13.3 Å². The Hall–Kier alpha value is 0.0569. The maximum Gasteiger partial charge on any atom is 0.505 e. The van der Waals surface area contributed by atoms with Gasteiger partial charge in [-0.2, -0.15) is 0 Å². The maximum atomic E-state index is 6.15. The molecule has 0 rings (SSSR count). The molecular weight excluding hydrogens is 210 g/mol. The van der Waals surface area contributed by atoms with Crippen LogP contribution in [-0.4, -0.2) is 36.2 Å². The largest absolute Gasteiger partial charge is 0.505 e. The summed E-state index contributed by atoms with van der Waals surface area (Å²) in [5.74, 6) is 0. The number of hydrogen-bond acceptors (Lipinski definition) is 4. The Morgan fingerprint density at radius 1 is 1.07 bits per heavy atom. The zero-order valence-corrected chi connectivity index (χ0v) is 11.6. The molecule has 0 bridgehead atoms. The molecule has 5 heteroatoms. The van der Waals surface area contributed by atoms with Crippen molar-refractivity contribution in [3.8, 4) is 0 Å². The van der Waals surface area contributed by atoms with Crippen LogP contribution in [0.15, 0.2) is 0 Å². The molecule has 2 N–H and O–H groups in total. The van der Waals surface area contributed by atoms with Crippen molar-refractivity contribution < 1.29 is 13.3 Å². The Kier molecular flexibility index (Phi) is 7.38. The van der Waals surface area contributed by atoms with E-state index in [9.17, 15) is 0 Å². The highest BCUT2D eigenvalue weighted by Crippen LogP contribution is 2.31. The predicted octanol–water partition coefficient (Wildman–Crippen LogP) is 1.77. The first kappa shape index (κ1) is 15.1. The lowest BCUT2D eigenvalue weighted by Crippen LogP contribution is -2.53. The summed E-state index contributed by atoms with van der Waals surface area (Å²) >= 11 is 0. The average Bonchev–Trinajstić information content (AvgIpc) is 2.26. The molecule has 0 aliphatic heterocycles. The molecule has 0 spiro atoms. The molecule has 0 amide bonds. The normalized spacial score (nSPS) is 16.4. The second-order valence-corrected chi connectivity index (χ2v) is 6.86. The highest BCUT2D eigenvalue weighted by Gasteiger charge is 2.48. The maximum absolute atomic E-state index is 6.15. The molecule has 0 aromatic rings. The van der Waals surface area contributed by atoms with Crippen molar-refractivity contribution in [3.63, 3.8) is 0 Å². The summed E-state index contributed by atoms with van der Waals surface area (Å²) in [7, 11) is 2.35. The Labute approximate surface area is 94.5 Å². The summed E-state index contributed by atoms with van der Waals surface area (Å²) in [6.45, 7) is 4.22. The third-order valence-electron chi connectivity index (χ3n) is 2.89. The van der Waals surface area contributed by atoms with E-state index in [1.54, 1.807) is 21.3 Å². The van der Waals surface area contributed by atoms with Gasteiger partial charge in [-0.15, -0.1) is 0 Å². The van der Waals surface area contributed by atoms with E-state index in [0.29, 0.717) is 0 Å². The molecule has 0 saturated carbocycles. The number of nitrogens with two attached hydrogens (primary N) is 1. The molecule has 0 fully saturated rings.